The van der Waals surface area contributed by atoms with Gasteiger partial charge in [0.05, 0.1) is 18.3 Å². The van der Waals surface area contributed by atoms with Gasteiger partial charge >= 0.3 is 0 Å². The van der Waals surface area contributed by atoms with Crippen LogP contribution in [0.5, 0.6) is 0 Å². The van der Waals surface area contributed by atoms with Crippen molar-refractivity contribution in [3.05, 3.63) is 34.9 Å². The van der Waals surface area contributed by atoms with Crippen LogP contribution in [0.2, 0.25) is 5.02 Å². The predicted molar refractivity (Wildman–Crippen MR) is 90.7 cm³/mol. The van der Waals surface area contributed by atoms with Crippen molar-refractivity contribution in [2.45, 2.75) is 18.9 Å². The minimum Gasteiger partial charge on any atom is -0.332 e. The quantitative estimate of drug-likeness (QED) is 0.667. The monoisotopic (exact) mass is 336 g/mol. The second-order valence-electron chi connectivity index (χ2n) is 5.29. The first-order chi connectivity index (χ1) is 10.6. The lowest BCUT2D eigenvalue weighted by Crippen LogP contribution is -2.44. The van der Waals surface area contributed by atoms with E-state index in [1.165, 1.54) is 11.8 Å². The highest BCUT2D eigenvalue weighted by Gasteiger charge is 2.38. The van der Waals surface area contributed by atoms with Crippen molar-refractivity contribution in [3.63, 3.8) is 0 Å². The molecule has 0 aliphatic carbocycles. The molecule has 1 atom stereocenters. The molecule has 1 aromatic rings. The number of amides is 1. The summed E-state index contributed by atoms with van der Waals surface area (Å²) >= 11 is 7.30. The third kappa shape index (κ3) is 2.85. The molecule has 0 bridgehead atoms. The van der Waals surface area contributed by atoms with Crippen LogP contribution in [0.1, 0.15) is 18.4 Å². The Balaban J connectivity index is 1.94. The van der Waals surface area contributed by atoms with Gasteiger partial charge in [-0.25, -0.2) is 5.01 Å². The number of carbonyl (C=O) groups is 1. The van der Waals surface area contributed by atoms with E-state index in [4.69, 9.17) is 17.0 Å². The van der Waals surface area contributed by atoms with Crippen molar-refractivity contribution in [1.29, 1.82) is 5.41 Å². The van der Waals surface area contributed by atoms with Gasteiger partial charge in [-0.05, 0) is 24.8 Å². The molecule has 2 aliphatic heterocycles. The van der Waals surface area contributed by atoms with Crippen LogP contribution in [0.3, 0.4) is 0 Å². The number of hydrogen-bond donors (Lipinski definition) is 1. The Hall–Kier alpha value is -1.53. The second kappa shape index (κ2) is 6.30. The molecule has 1 fully saturated rings. The molecule has 0 spiro atoms. The van der Waals surface area contributed by atoms with Crippen LogP contribution in [0.15, 0.2) is 29.4 Å². The Labute approximate surface area is 138 Å². The van der Waals surface area contributed by atoms with Crippen LogP contribution in [-0.2, 0) is 4.79 Å². The number of thioether (sulfide) groups is 1. The van der Waals surface area contributed by atoms with E-state index < -0.39 is 0 Å². The first-order valence-corrected chi connectivity index (χ1v) is 8.74. The molecule has 0 saturated carbocycles. The topological polar surface area (TPSA) is 59.8 Å². The SMILES string of the molecule is CSC(=N)N1CC(N2CCCC2=O)C(c2ccc(Cl)cc2)=N1. The number of benzene rings is 1. The molecular formula is C15H17ClN4OS. The fourth-order valence-electron chi connectivity index (χ4n) is 2.84. The number of nitrogens with one attached hydrogen (secondary N) is 1. The molecular weight excluding hydrogens is 320 g/mol. The summed E-state index contributed by atoms with van der Waals surface area (Å²) in [5.74, 6) is 0.171. The number of hydrogen-bond acceptors (Lipinski definition) is 4. The van der Waals surface area contributed by atoms with Gasteiger partial charge in [0.2, 0.25) is 5.91 Å². The average molecular weight is 337 g/mol. The van der Waals surface area contributed by atoms with Crippen LogP contribution >= 0.6 is 23.4 Å². The minimum absolute atomic E-state index is 0.0938. The maximum absolute atomic E-state index is 12.1. The molecule has 1 N–H and O–H groups in total. The highest BCUT2D eigenvalue weighted by Crippen LogP contribution is 2.25. The summed E-state index contributed by atoms with van der Waals surface area (Å²) in [7, 11) is 0. The van der Waals surface area contributed by atoms with Crippen molar-refractivity contribution in [2.24, 2.45) is 5.10 Å². The van der Waals surface area contributed by atoms with Gasteiger partial charge in [-0.15, -0.1) is 0 Å². The summed E-state index contributed by atoms with van der Waals surface area (Å²) in [4.78, 5) is 14.0. The maximum Gasteiger partial charge on any atom is 0.223 e. The number of nitrogens with zero attached hydrogens (tertiary/aromatic N) is 3. The first-order valence-electron chi connectivity index (χ1n) is 7.14. The number of hydrazone groups is 1. The van der Waals surface area contributed by atoms with Crippen LogP contribution in [0.4, 0.5) is 0 Å². The van der Waals surface area contributed by atoms with Crippen molar-refractivity contribution in [1.82, 2.24) is 9.91 Å². The Kier molecular flexibility index (Phi) is 4.40. The molecule has 2 aliphatic rings. The standard InChI is InChI=1S/C15H17ClN4OS/c1-22-15(17)20-9-12(19-8-2-3-13(19)21)14(18-20)10-4-6-11(16)7-5-10/h4-7,12,17H,2-3,8-9H2,1H3. The summed E-state index contributed by atoms with van der Waals surface area (Å²) in [5, 5.41) is 15.3. The van der Waals surface area contributed by atoms with Crippen molar-refractivity contribution >= 4 is 40.1 Å². The molecule has 7 heteroatoms. The summed E-state index contributed by atoms with van der Waals surface area (Å²) in [5.41, 5.74) is 1.79. The Morgan fingerprint density at radius 1 is 1.41 bits per heavy atom. The molecule has 3 rings (SSSR count). The van der Waals surface area contributed by atoms with E-state index in [1.807, 2.05) is 35.4 Å². The van der Waals surface area contributed by atoms with E-state index in [0.29, 0.717) is 23.2 Å². The number of amidine groups is 1. The van der Waals surface area contributed by atoms with E-state index in [1.54, 1.807) is 5.01 Å². The van der Waals surface area contributed by atoms with Crippen LogP contribution in [0.25, 0.3) is 0 Å². The lowest BCUT2D eigenvalue weighted by molar-refractivity contribution is -0.128. The fraction of sp³-hybridized carbons (Fsp3) is 0.400. The van der Waals surface area contributed by atoms with Crippen molar-refractivity contribution in [3.8, 4) is 0 Å². The van der Waals surface area contributed by atoms with Gasteiger partial charge < -0.3 is 4.90 Å². The molecule has 22 heavy (non-hydrogen) atoms. The minimum atomic E-state index is -0.0938. The van der Waals surface area contributed by atoms with Gasteiger partial charge in [0.1, 0.15) is 0 Å². The number of rotatable bonds is 2. The molecule has 1 aromatic carbocycles. The molecule has 2 heterocycles. The van der Waals surface area contributed by atoms with E-state index >= 15 is 0 Å². The Bertz CT molecular complexity index is 631. The Morgan fingerprint density at radius 3 is 2.73 bits per heavy atom. The summed E-state index contributed by atoms with van der Waals surface area (Å²) in [6.07, 6.45) is 3.35. The van der Waals surface area contributed by atoms with E-state index in [2.05, 4.69) is 5.10 Å². The third-order valence-corrected chi connectivity index (χ3v) is 4.79. The third-order valence-electron chi connectivity index (χ3n) is 3.94. The molecule has 0 aromatic heterocycles. The summed E-state index contributed by atoms with van der Waals surface area (Å²) in [6.45, 7) is 1.31. The van der Waals surface area contributed by atoms with Crippen LogP contribution in [0, 0.1) is 5.41 Å². The van der Waals surface area contributed by atoms with Gasteiger partial charge in [0.15, 0.2) is 5.17 Å². The van der Waals surface area contributed by atoms with Crippen molar-refractivity contribution < 1.29 is 4.79 Å². The zero-order valence-corrected chi connectivity index (χ0v) is 13.8. The van der Waals surface area contributed by atoms with Gasteiger partial charge in [-0.3, -0.25) is 10.2 Å². The average Bonchev–Trinajstić information content (AvgIpc) is 3.13. The van der Waals surface area contributed by atoms with E-state index in [-0.39, 0.29) is 11.9 Å². The molecule has 116 valence electrons. The predicted octanol–water partition coefficient (Wildman–Crippen LogP) is 2.65. The summed E-state index contributed by atoms with van der Waals surface area (Å²) < 4.78 is 0. The highest BCUT2D eigenvalue weighted by molar-refractivity contribution is 8.13. The zero-order valence-electron chi connectivity index (χ0n) is 12.3. The summed E-state index contributed by atoms with van der Waals surface area (Å²) in [6, 6.07) is 7.39. The molecule has 1 unspecified atom stereocenters. The van der Waals surface area contributed by atoms with Crippen LogP contribution in [-0.4, -0.2) is 52.1 Å². The van der Waals surface area contributed by atoms with Gasteiger partial charge in [0, 0.05) is 23.6 Å². The smallest absolute Gasteiger partial charge is 0.223 e. The molecule has 5 nitrogen and oxygen atoms in total. The van der Waals surface area contributed by atoms with E-state index in [9.17, 15) is 4.79 Å². The van der Waals surface area contributed by atoms with Gasteiger partial charge in [-0.2, -0.15) is 5.10 Å². The molecule has 1 amide bonds. The zero-order chi connectivity index (χ0) is 15.7. The van der Waals surface area contributed by atoms with Crippen molar-refractivity contribution in [2.75, 3.05) is 19.3 Å². The number of likely N-dealkylation sites (tertiary alicyclic amines) is 1. The largest absolute Gasteiger partial charge is 0.332 e. The maximum atomic E-state index is 12.1. The highest BCUT2D eigenvalue weighted by atomic mass is 35.5. The lowest BCUT2D eigenvalue weighted by atomic mass is 10.0. The van der Waals surface area contributed by atoms with Gasteiger partial charge in [0.25, 0.3) is 0 Å². The van der Waals surface area contributed by atoms with Gasteiger partial charge in [-0.1, -0.05) is 35.5 Å². The first kappa shape index (κ1) is 15.4. The second-order valence-corrected chi connectivity index (χ2v) is 6.52. The number of carbonyl (C=O) groups excluding carboxylic acids is 1. The van der Waals surface area contributed by atoms with Crippen LogP contribution < -0.4 is 0 Å². The fourth-order valence-corrected chi connectivity index (χ4v) is 3.29. The van der Waals surface area contributed by atoms with E-state index in [0.717, 1.165) is 24.2 Å². The number of halogens is 1. The lowest BCUT2D eigenvalue weighted by Gasteiger charge is -2.25. The molecule has 0 radical (unpaired) electrons. The molecule has 1 saturated heterocycles. The Morgan fingerprint density at radius 2 is 2.14 bits per heavy atom. The normalized spacial score (nSPS) is 21.5.